The minimum Gasteiger partial charge on any atom is -0.394 e. The van der Waals surface area contributed by atoms with Gasteiger partial charge in [0.05, 0.1) is 31.1 Å². The van der Waals surface area contributed by atoms with Crippen LogP contribution < -0.4 is 4.72 Å². The van der Waals surface area contributed by atoms with E-state index in [4.69, 9.17) is 5.11 Å². The van der Waals surface area contributed by atoms with Crippen molar-refractivity contribution in [3.63, 3.8) is 0 Å². The van der Waals surface area contributed by atoms with Gasteiger partial charge in [0.15, 0.2) is 0 Å². The summed E-state index contributed by atoms with van der Waals surface area (Å²) in [7, 11) is -1.97. The second kappa shape index (κ2) is 5.92. The lowest BCUT2D eigenvalue weighted by atomic mass is 10.4. The minimum absolute atomic E-state index is 0.0445. The Balaban J connectivity index is 2.25. The molecule has 2 aromatic heterocycles. The molecule has 0 bridgehead atoms. The van der Waals surface area contributed by atoms with Crippen molar-refractivity contribution in [2.24, 2.45) is 7.05 Å². The fraction of sp³-hybridized carbons (Fsp3) is 0.545. The van der Waals surface area contributed by atoms with Crippen LogP contribution in [0.25, 0.3) is 0 Å². The van der Waals surface area contributed by atoms with Crippen LogP contribution in [0.3, 0.4) is 0 Å². The number of aliphatic hydroxyl groups excluding tert-OH is 1. The van der Waals surface area contributed by atoms with E-state index in [1.165, 1.54) is 11.0 Å². The van der Waals surface area contributed by atoms with E-state index in [1.54, 1.807) is 25.5 Å². The molecule has 2 N–H and O–H groups in total. The highest BCUT2D eigenvalue weighted by Crippen LogP contribution is 2.19. The minimum atomic E-state index is -3.71. The van der Waals surface area contributed by atoms with E-state index in [9.17, 15) is 8.42 Å². The van der Waals surface area contributed by atoms with Gasteiger partial charge in [0.2, 0.25) is 10.0 Å². The zero-order chi connectivity index (χ0) is 15.6. The summed E-state index contributed by atoms with van der Waals surface area (Å²) < 4.78 is 30.4. The first-order valence-electron chi connectivity index (χ1n) is 6.34. The SMILES string of the molecule is Cc1nn(CCO)c(C)c1S(=O)(=O)NCc1nncn1C. The number of aryl methyl sites for hydroxylation is 2. The molecule has 0 aliphatic heterocycles. The van der Waals surface area contributed by atoms with Gasteiger partial charge >= 0.3 is 0 Å². The highest BCUT2D eigenvalue weighted by molar-refractivity contribution is 7.89. The van der Waals surface area contributed by atoms with Gasteiger partial charge in [-0.2, -0.15) is 5.10 Å². The Morgan fingerprint density at radius 1 is 1.38 bits per heavy atom. The van der Waals surface area contributed by atoms with Crippen LogP contribution >= 0.6 is 0 Å². The van der Waals surface area contributed by atoms with E-state index in [0.717, 1.165) is 0 Å². The molecule has 0 saturated heterocycles. The van der Waals surface area contributed by atoms with Gasteiger partial charge in [-0.05, 0) is 13.8 Å². The summed E-state index contributed by atoms with van der Waals surface area (Å²) in [6.45, 7) is 3.48. The molecule has 0 unspecified atom stereocenters. The molecule has 10 heteroatoms. The van der Waals surface area contributed by atoms with E-state index in [2.05, 4.69) is 20.0 Å². The number of nitrogens with zero attached hydrogens (tertiary/aromatic N) is 5. The Morgan fingerprint density at radius 2 is 2.10 bits per heavy atom. The summed E-state index contributed by atoms with van der Waals surface area (Å²) in [5, 5.41) is 20.6. The third kappa shape index (κ3) is 3.12. The molecule has 0 spiro atoms. The van der Waals surface area contributed by atoms with Crippen LogP contribution in [0.5, 0.6) is 0 Å². The zero-order valence-corrected chi connectivity index (χ0v) is 12.9. The molecule has 2 heterocycles. The molecular formula is C11H18N6O3S. The first-order valence-corrected chi connectivity index (χ1v) is 7.82. The van der Waals surface area contributed by atoms with Crippen molar-refractivity contribution in [2.75, 3.05) is 6.61 Å². The average molecular weight is 314 g/mol. The predicted octanol–water partition coefficient (Wildman–Crippen LogP) is -0.901. The highest BCUT2D eigenvalue weighted by Gasteiger charge is 2.24. The lowest BCUT2D eigenvalue weighted by molar-refractivity contribution is 0.267. The second-order valence-electron chi connectivity index (χ2n) is 4.63. The Labute approximate surface area is 122 Å². The van der Waals surface area contributed by atoms with Gasteiger partial charge in [0, 0.05) is 7.05 Å². The summed E-state index contributed by atoms with van der Waals surface area (Å²) >= 11 is 0. The van der Waals surface area contributed by atoms with Crippen molar-refractivity contribution in [3.05, 3.63) is 23.5 Å². The molecule has 0 aliphatic rings. The number of sulfonamides is 1. The second-order valence-corrected chi connectivity index (χ2v) is 6.33. The summed E-state index contributed by atoms with van der Waals surface area (Å²) in [6, 6.07) is 0. The van der Waals surface area contributed by atoms with Crippen molar-refractivity contribution >= 4 is 10.0 Å². The van der Waals surface area contributed by atoms with Crippen LogP contribution in [0, 0.1) is 13.8 Å². The lowest BCUT2D eigenvalue weighted by Crippen LogP contribution is -2.25. The van der Waals surface area contributed by atoms with Crippen LogP contribution in [0.15, 0.2) is 11.2 Å². The van der Waals surface area contributed by atoms with Gasteiger partial charge in [-0.3, -0.25) is 4.68 Å². The lowest BCUT2D eigenvalue weighted by Gasteiger charge is -2.07. The number of aliphatic hydroxyl groups is 1. The molecular weight excluding hydrogens is 296 g/mol. The van der Waals surface area contributed by atoms with Gasteiger partial charge in [-0.1, -0.05) is 0 Å². The van der Waals surface area contributed by atoms with Crippen LogP contribution in [-0.4, -0.2) is 44.7 Å². The summed E-state index contributed by atoms with van der Waals surface area (Å²) in [6.07, 6.45) is 1.50. The van der Waals surface area contributed by atoms with Gasteiger partial charge in [0.25, 0.3) is 0 Å². The summed E-state index contributed by atoms with van der Waals surface area (Å²) in [5.74, 6) is 0.511. The van der Waals surface area contributed by atoms with E-state index in [1.807, 2.05) is 0 Å². The first-order chi connectivity index (χ1) is 9.86. The normalized spacial score (nSPS) is 12.0. The molecule has 0 saturated carbocycles. The van der Waals surface area contributed by atoms with E-state index in [-0.39, 0.29) is 24.6 Å². The number of aromatic nitrogens is 5. The van der Waals surface area contributed by atoms with Gasteiger partial charge in [0.1, 0.15) is 17.0 Å². The van der Waals surface area contributed by atoms with Crippen LogP contribution in [0.4, 0.5) is 0 Å². The van der Waals surface area contributed by atoms with E-state index < -0.39 is 10.0 Å². The first kappa shape index (κ1) is 15.6. The zero-order valence-electron chi connectivity index (χ0n) is 12.1. The van der Waals surface area contributed by atoms with Crippen LogP contribution in [0.1, 0.15) is 17.2 Å². The average Bonchev–Trinajstić information content (AvgIpc) is 2.92. The monoisotopic (exact) mass is 314 g/mol. The number of nitrogens with one attached hydrogen (secondary N) is 1. The molecule has 116 valence electrons. The van der Waals surface area contributed by atoms with Crippen molar-refractivity contribution in [3.8, 4) is 0 Å². The van der Waals surface area contributed by atoms with Gasteiger partial charge in [-0.15, -0.1) is 10.2 Å². The smallest absolute Gasteiger partial charge is 0.244 e. The van der Waals surface area contributed by atoms with Crippen molar-refractivity contribution in [1.29, 1.82) is 0 Å². The summed E-state index contributed by atoms with van der Waals surface area (Å²) in [4.78, 5) is 0.137. The third-order valence-corrected chi connectivity index (χ3v) is 4.77. The fourth-order valence-electron chi connectivity index (χ4n) is 2.08. The molecule has 0 radical (unpaired) electrons. The van der Waals surface area contributed by atoms with Gasteiger partial charge < -0.3 is 9.67 Å². The molecule has 0 fully saturated rings. The standard InChI is InChI=1S/C11H18N6O3S/c1-8-11(9(2)17(15-8)4-5-18)21(19,20)13-6-10-14-12-7-16(10)3/h7,13,18H,4-6H2,1-3H3. The highest BCUT2D eigenvalue weighted by atomic mass is 32.2. The van der Waals surface area contributed by atoms with Crippen molar-refractivity contribution in [2.45, 2.75) is 31.8 Å². The molecule has 0 atom stereocenters. The molecule has 0 amide bonds. The van der Waals surface area contributed by atoms with E-state index in [0.29, 0.717) is 17.2 Å². The largest absolute Gasteiger partial charge is 0.394 e. The maximum absolute atomic E-state index is 12.4. The van der Waals surface area contributed by atoms with Crippen LogP contribution in [0.2, 0.25) is 0 Å². The molecule has 0 aliphatic carbocycles. The Bertz CT molecular complexity index is 733. The molecule has 2 rings (SSSR count). The van der Waals surface area contributed by atoms with Crippen molar-refractivity contribution in [1.82, 2.24) is 29.3 Å². The summed E-state index contributed by atoms with van der Waals surface area (Å²) in [5.41, 5.74) is 0.887. The van der Waals surface area contributed by atoms with Gasteiger partial charge in [-0.25, -0.2) is 13.1 Å². The fourth-order valence-corrected chi connectivity index (χ4v) is 3.47. The number of hydrogen-bond donors (Lipinski definition) is 2. The van der Waals surface area contributed by atoms with Crippen molar-refractivity contribution < 1.29 is 13.5 Å². The quantitative estimate of drug-likeness (QED) is 0.714. The molecule has 0 aromatic carbocycles. The molecule has 9 nitrogen and oxygen atoms in total. The topological polar surface area (TPSA) is 115 Å². The Hall–Kier alpha value is -1.78. The van der Waals surface area contributed by atoms with Crippen LogP contribution in [-0.2, 0) is 30.2 Å². The molecule has 21 heavy (non-hydrogen) atoms. The maximum atomic E-state index is 12.4. The number of rotatable bonds is 6. The number of hydrogen-bond acceptors (Lipinski definition) is 6. The third-order valence-electron chi connectivity index (χ3n) is 3.12. The van der Waals surface area contributed by atoms with E-state index >= 15 is 0 Å². The maximum Gasteiger partial charge on any atom is 0.244 e. The Morgan fingerprint density at radius 3 is 2.67 bits per heavy atom. The molecule has 2 aromatic rings. The Kier molecular flexibility index (Phi) is 4.40. The predicted molar refractivity (Wildman–Crippen MR) is 73.8 cm³/mol.